The van der Waals surface area contributed by atoms with Gasteiger partial charge in [0.05, 0.1) is 0 Å². The lowest BCUT2D eigenvalue weighted by Crippen LogP contribution is -2.25. The van der Waals surface area contributed by atoms with E-state index in [4.69, 9.17) is 0 Å². The van der Waals surface area contributed by atoms with Crippen LogP contribution >= 0.6 is 11.3 Å². The second-order valence-electron chi connectivity index (χ2n) is 5.70. The average molecular weight is 302 g/mol. The first-order chi connectivity index (χ1) is 10.1. The van der Waals surface area contributed by atoms with Crippen LogP contribution in [0.5, 0.6) is 0 Å². The zero-order chi connectivity index (χ0) is 15.1. The van der Waals surface area contributed by atoms with Crippen LogP contribution in [0, 0.1) is 6.92 Å². The van der Waals surface area contributed by atoms with Crippen LogP contribution in [0.1, 0.15) is 34.7 Å². The third kappa shape index (κ3) is 5.62. The standard InChI is InChI=1S/C18H26N2S/c1-15-10-11-18(21-15)16(2)19-12-7-13-20(3)14-17-8-5-4-6-9-17/h4-6,8-11,16,19H,7,12-14H2,1-3H3. The Morgan fingerprint density at radius 1 is 1.14 bits per heavy atom. The molecule has 0 aliphatic heterocycles. The summed E-state index contributed by atoms with van der Waals surface area (Å²) in [4.78, 5) is 5.21. The molecule has 1 heterocycles. The molecule has 2 aromatic rings. The quantitative estimate of drug-likeness (QED) is 0.734. The summed E-state index contributed by atoms with van der Waals surface area (Å²) in [6, 6.07) is 15.6. The number of nitrogens with one attached hydrogen (secondary N) is 1. The molecule has 1 N–H and O–H groups in total. The molecule has 114 valence electrons. The molecule has 0 fully saturated rings. The normalized spacial score (nSPS) is 12.8. The molecule has 0 spiro atoms. The van der Waals surface area contributed by atoms with E-state index in [1.165, 1.54) is 21.7 Å². The van der Waals surface area contributed by atoms with E-state index in [9.17, 15) is 0 Å². The van der Waals surface area contributed by atoms with Crippen LogP contribution in [0.25, 0.3) is 0 Å². The highest BCUT2D eigenvalue weighted by atomic mass is 32.1. The molecule has 1 aromatic heterocycles. The molecular weight excluding hydrogens is 276 g/mol. The highest BCUT2D eigenvalue weighted by Crippen LogP contribution is 2.22. The molecule has 0 amide bonds. The van der Waals surface area contributed by atoms with Crippen molar-refractivity contribution in [3.8, 4) is 0 Å². The number of rotatable bonds is 8. The van der Waals surface area contributed by atoms with E-state index >= 15 is 0 Å². The van der Waals surface area contributed by atoms with E-state index in [1.807, 2.05) is 11.3 Å². The summed E-state index contributed by atoms with van der Waals surface area (Å²) < 4.78 is 0. The molecule has 0 saturated carbocycles. The van der Waals surface area contributed by atoms with Crippen molar-refractivity contribution in [3.05, 3.63) is 57.8 Å². The third-order valence-electron chi connectivity index (χ3n) is 3.65. The van der Waals surface area contributed by atoms with Gasteiger partial charge in [-0.1, -0.05) is 30.3 Å². The predicted octanol–water partition coefficient (Wildman–Crippen LogP) is 4.23. The number of aryl methyl sites for hydroxylation is 1. The Bertz CT molecular complexity index is 521. The van der Waals surface area contributed by atoms with Gasteiger partial charge < -0.3 is 10.2 Å². The fourth-order valence-electron chi connectivity index (χ4n) is 2.43. The van der Waals surface area contributed by atoms with E-state index in [1.54, 1.807) is 0 Å². The average Bonchev–Trinajstić information content (AvgIpc) is 2.91. The largest absolute Gasteiger partial charge is 0.309 e. The number of hydrogen-bond donors (Lipinski definition) is 1. The summed E-state index contributed by atoms with van der Waals surface area (Å²) in [7, 11) is 2.19. The fraction of sp³-hybridized carbons (Fsp3) is 0.444. The molecule has 1 unspecified atom stereocenters. The summed E-state index contributed by atoms with van der Waals surface area (Å²) >= 11 is 1.89. The van der Waals surface area contributed by atoms with Gasteiger partial charge in [-0.2, -0.15) is 0 Å². The molecule has 1 aromatic carbocycles. The zero-order valence-corrected chi connectivity index (χ0v) is 14.1. The van der Waals surface area contributed by atoms with Gasteiger partial charge in [-0.25, -0.2) is 0 Å². The smallest absolute Gasteiger partial charge is 0.0386 e. The second kappa shape index (κ2) is 8.32. The summed E-state index contributed by atoms with van der Waals surface area (Å²) in [5.74, 6) is 0. The molecular formula is C18H26N2S. The first-order valence-electron chi connectivity index (χ1n) is 7.67. The summed E-state index contributed by atoms with van der Waals surface area (Å²) in [5.41, 5.74) is 1.38. The highest BCUT2D eigenvalue weighted by Gasteiger charge is 2.06. The molecule has 3 heteroatoms. The SMILES string of the molecule is Cc1ccc(C(C)NCCCN(C)Cc2ccccc2)s1. The van der Waals surface area contributed by atoms with Crippen LogP contribution < -0.4 is 5.32 Å². The minimum Gasteiger partial charge on any atom is -0.309 e. The molecule has 0 saturated heterocycles. The Labute approximate surface area is 132 Å². The van der Waals surface area contributed by atoms with Crippen LogP contribution in [-0.2, 0) is 6.54 Å². The van der Waals surface area contributed by atoms with Gasteiger partial charge in [0.25, 0.3) is 0 Å². The van der Waals surface area contributed by atoms with Gasteiger partial charge in [-0.05, 0) is 58.1 Å². The van der Waals surface area contributed by atoms with Gasteiger partial charge in [0.1, 0.15) is 0 Å². The Kier molecular flexibility index (Phi) is 6.43. The van der Waals surface area contributed by atoms with Crippen molar-refractivity contribution in [1.82, 2.24) is 10.2 Å². The summed E-state index contributed by atoms with van der Waals surface area (Å²) in [5, 5.41) is 3.62. The van der Waals surface area contributed by atoms with Crippen molar-refractivity contribution < 1.29 is 0 Å². The van der Waals surface area contributed by atoms with E-state index in [2.05, 4.69) is 73.6 Å². The Morgan fingerprint density at radius 2 is 1.90 bits per heavy atom. The van der Waals surface area contributed by atoms with Gasteiger partial charge in [0.2, 0.25) is 0 Å². The number of nitrogens with zero attached hydrogens (tertiary/aromatic N) is 1. The zero-order valence-electron chi connectivity index (χ0n) is 13.3. The van der Waals surface area contributed by atoms with Crippen LogP contribution in [0.15, 0.2) is 42.5 Å². The molecule has 1 atom stereocenters. The molecule has 0 bridgehead atoms. The highest BCUT2D eigenvalue weighted by molar-refractivity contribution is 7.12. The maximum atomic E-state index is 3.62. The van der Waals surface area contributed by atoms with Crippen molar-refractivity contribution in [3.63, 3.8) is 0 Å². The van der Waals surface area contributed by atoms with Crippen molar-refractivity contribution in [2.24, 2.45) is 0 Å². The van der Waals surface area contributed by atoms with Gasteiger partial charge >= 0.3 is 0 Å². The van der Waals surface area contributed by atoms with Crippen molar-refractivity contribution in [2.75, 3.05) is 20.1 Å². The van der Waals surface area contributed by atoms with E-state index < -0.39 is 0 Å². The molecule has 21 heavy (non-hydrogen) atoms. The van der Waals surface area contributed by atoms with E-state index in [0.29, 0.717) is 6.04 Å². The van der Waals surface area contributed by atoms with E-state index in [-0.39, 0.29) is 0 Å². The van der Waals surface area contributed by atoms with Gasteiger partial charge in [-0.3, -0.25) is 0 Å². The van der Waals surface area contributed by atoms with Crippen molar-refractivity contribution in [1.29, 1.82) is 0 Å². The van der Waals surface area contributed by atoms with Crippen LogP contribution in [0.2, 0.25) is 0 Å². The Balaban J connectivity index is 1.63. The predicted molar refractivity (Wildman–Crippen MR) is 92.9 cm³/mol. The first kappa shape index (κ1) is 16.2. The minimum atomic E-state index is 0.461. The minimum absolute atomic E-state index is 0.461. The Hall–Kier alpha value is -1.16. The molecule has 0 aliphatic rings. The molecule has 2 nitrogen and oxygen atoms in total. The lowest BCUT2D eigenvalue weighted by atomic mass is 10.2. The molecule has 0 aliphatic carbocycles. The Morgan fingerprint density at radius 3 is 2.57 bits per heavy atom. The topological polar surface area (TPSA) is 15.3 Å². The summed E-state index contributed by atoms with van der Waals surface area (Å²) in [6.45, 7) is 7.63. The maximum Gasteiger partial charge on any atom is 0.0386 e. The van der Waals surface area contributed by atoms with Crippen molar-refractivity contribution >= 4 is 11.3 Å². The van der Waals surface area contributed by atoms with Crippen LogP contribution in [0.4, 0.5) is 0 Å². The molecule has 0 radical (unpaired) electrons. The maximum absolute atomic E-state index is 3.62. The summed E-state index contributed by atoms with van der Waals surface area (Å²) in [6.07, 6.45) is 1.18. The molecule has 2 rings (SSSR count). The van der Waals surface area contributed by atoms with Gasteiger partial charge in [-0.15, -0.1) is 11.3 Å². The lowest BCUT2D eigenvalue weighted by Gasteiger charge is -2.18. The fourth-order valence-corrected chi connectivity index (χ4v) is 3.33. The lowest BCUT2D eigenvalue weighted by molar-refractivity contribution is 0.317. The number of benzene rings is 1. The third-order valence-corrected chi connectivity index (χ3v) is 4.83. The van der Waals surface area contributed by atoms with Gasteiger partial charge in [0, 0.05) is 22.3 Å². The number of hydrogen-bond acceptors (Lipinski definition) is 3. The van der Waals surface area contributed by atoms with Crippen LogP contribution in [0.3, 0.4) is 0 Å². The second-order valence-corrected chi connectivity index (χ2v) is 7.02. The number of thiophene rings is 1. The van der Waals surface area contributed by atoms with Crippen LogP contribution in [-0.4, -0.2) is 25.0 Å². The first-order valence-corrected chi connectivity index (χ1v) is 8.49. The monoisotopic (exact) mass is 302 g/mol. The van der Waals surface area contributed by atoms with Crippen molar-refractivity contribution in [2.45, 2.75) is 32.9 Å². The van der Waals surface area contributed by atoms with Gasteiger partial charge in [0.15, 0.2) is 0 Å². The van der Waals surface area contributed by atoms with E-state index in [0.717, 1.165) is 19.6 Å².